The molecule has 5 heteroatoms. The van der Waals surface area contributed by atoms with Crippen LogP contribution in [0.25, 0.3) is 0 Å². The Morgan fingerprint density at radius 2 is 2.15 bits per heavy atom. The SMILES string of the molecule is COc1cccc(C(N)=S)c1NC(=O)CC1CCCC1. The summed E-state index contributed by atoms with van der Waals surface area (Å²) >= 11 is 5.02. The monoisotopic (exact) mass is 292 g/mol. The lowest BCUT2D eigenvalue weighted by Crippen LogP contribution is -2.19. The normalized spacial score (nSPS) is 15.1. The van der Waals surface area contributed by atoms with E-state index < -0.39 is 0 Å². The van der Waals surface area contributed by atoms with Crippen LogP contribution in [0.4, 0.5) is 5.69 Å². The third-order valence-corrected chi connectivity index (χ3v) is 3.94. The van der Waals surface area contributed by atoms with Crippen LogP contribution in [0.1, 0.15) is 37.7 Å². The lowest BCUT2D eigenvalue weighted by Gasteiger charge is -2.15. The van der Waals surface area contributed by atoms with E-state index in [1.807, 2.05) is 0 Å². The molecule has 0 unspecified atom stereocenters. The van der Waals surface area contributed by atoms with Crippen LogP contribution in [0.15, 0.2) is 18.2 Å². The van der Waals surface area contributed by atoms with Gasteiger partial charge < -0.3 is 15.8 Å². The van der Waals surface area contributed by atoms with Gasteiger partial charge in [0.25, 0.3) is 0 Å². The first kappa shape index (κ1) is 14.8. The Kier molecular flexibility index (Phi) is 4.95. The van der Waals surface area contributed by atoms with Gasteiger partial charge in [0.2, 0.25) is 5.91 Å². The van der Waals surface area contributed by atoms with Crippen molar-refractivity contribution < 1.29 is 9.53 Å². The van der Waals surface area contributed by atoms with Crippen molar-refractivity contribution in [2.45, 2.75) is 32.1 Å². The summed E-state index contributed by atoms with van der Waals surface area (Å²) in [7, 11) is 1.56. The summed E-state index contributed by atoms with van der Waals surface area (Å²) < 4.78 is 5.28. The van der Waals surface area contributed by atoms with Crippen LogP contribution in [0.3, 0.4) is 0 Å². The minimum absolute atomic E-state index is 0.00102. The Bertz CT molecular complexity index is 511. The largest absolute Gasteiger partial charge is 0.495 e. The molecular formula is C15H20N2O2S. The van der Waals surface area contributed by atoms with Gasteiger partial charge in [0.05, 0.1) is 12.8 Å². The van der Waals surface area contributed by atoms with E-state index in [0.29, 0.717) is 29.3 Å². The predicted molar refractivity (Wildman–Crippen MR) is 84.1 cm³/mol. The van der Waals surface area contributed by atoms with E-state index in [4.69, 9.17) is 22.7 Å². The molecule has 2 rings (SSSR count). The molecule has 1 aromatic carbocycles. The van der Waals surface area contributed by atoms with Crippen LogP contribution in [-0.2, 0) is 4.79 Å². The van der Waals surface area contributed by atoms with Crippen molar-refractivity contribution in [2.24, 2.45) is 11.7 Å². The number of carbonyl (C=O) groups excluding carboxylic acids is 1. The van der Waals surface area contributed by atoms with Gasteiger partial charge in [-0.3, -0.25) is 4.79 Å². The van der Waals surface area contributed by atoms with Gasteiger partial charge in [0.15, 0.2) is 0 Å². The van der Waals surface area contributed by atoms with Gasteiger partial charge in [-0.15, -0.1) is 0 Å². The van der Waals surface area contributed by atoms with Gasteiger partial charge >= 0.3 is 0 Å². The Hall–Kier alpha value is -1.62. The third-order valence-electron chi connectivity index (χ3n) is 3.72. The fourth-order valence-electron chi connectivity index (χ4n) is 2.70. The molecule has 3 N–H and O–H groups in total. The Morgan fingerprint density at radius 3 is 2.75 bits per heavy atom. The highest BCUT2D eigenvalue weighted by Crippen LogP contribution is 2.31. The van der Waals surface area contributed by atoms with Crippen LogP contribution in [0, 0.1) is 5.92 Å². The highest BCUT2D eigenvalue weighted by atomic mass is 32.1. The van der Waals surface area contributed by atoms with Crippen LogP contribution in [-0.4, -0.2) is 18.0 Å². The Morgan fingerprint density at radius 1 is 1.45 bits per heavy atom. The third kappa shape index (κ3) is 3.48. The van der Waals surface area contributed by atoms with Crippen LogP contribution in [0.2, 0.25) is 0 Å². The number of benzene rings is 1. The van der Waals surface area contributed by atoms with E-state index in [9.17, 15) is 4.79 Å². The molecule has 0 saturated heterocycles. The number of anilines is 1. The molecule has 1 aromatic rings. The molecule has 0 heterocycles. The van der Waals surface area contributed by atoms with Gasteiger partial charge in [0.1, 0.15) is 10.7 Å². The van der Waals surface area contributed by atoms with E-state index in [1.165, 1.54) is 12.8 Å². The second-order valence-electron chi connectivity index (χ2n) is 5.15. The number of ether oxygens (including phenoxy) is 1. The van der Waals surface area contributed by atoms with Gasteiger partial charge in [-0.05, 0) is 30.9 Å². The summed E-state index contributed by atoms with van der Waals surface area (Å²) in [4.78, 5) is 12.4. The first-order valence-electron chi connectivity index (χ1n) is 6.88. The fourth-order valence-corrected chi connectivity index (χ4v) is 2.87. The molecule has 0 spiro atoms. The molecule has 1 amide bonds. The smallest absolute Gasteiger partial charge is 0.224 e. The standard InChI is InChI=1S/C15H20N2O2S/c1-19-12-8-4-7-11(15(16)20)14(12)17-13(18)9-10-5-2-3-6-10/h4,7-8,10H,2-3,5-6,9H2,1H3,(H2,16,20)(H,17,18). The summed E-state index contributed by atoms with van der Waals surface area (Å²) in [6, 6.07) is 5.38. The molecule has 1 aliphatic carbocycles. The molecule has 0 aliphatic heterocycles. The summed E-state index contributed by atoms with van der Waals surface area (Å²) in [6.07, 6.45) is 5.29. The average Bonchev–Trinajstić information content (AvgIpc) is 2.91. The van der Waals surface area contributed by atoms with Crippen LogP contribution >= 0.6 is 12.2 Å². The van der Waals surface area contributed by atoms with E-state index in [1.54, 1.807) is 25.3 Å². The van der Waals surface area contributed by atoms with Crippen molar-refractivity contribution in [2.75, 3.05) is 12.4 Å². The molecule has 0 radical (unpaired) electrons. The first-order chi connectivity index (χ1) is 9.61. The summed E-state index contributed by atoms with van der Waals surface area (Å²) in [5.41, 5.74) is 6.91. The highest BCUT2D eigenvalue weighted by Gasteiger charge is 2.20. The quantitative estimate of drug-likeness (QED) is 0.819. The van der Waals surface area contributed by atoms with Crippen molar-refractivity contribution in [1.82, 2.24) is 0 Å². The second-order valence-corrected chi connectivity index (χ2v) is 5.59. The number of rotatable bonds is 5. The van der Waals surface area contributed by atoms with Gasteiger partial charge in [-0.2, -0.15) is 0 Å². The predicted octanol–water partition coefficient (Wildman–Crippen LogP) is 2.85. The maximum Gasteiger partial charge on any atom is 0.224 e. The van der Waals surface area contributed by atoms with E-state index in [0.717, 1.165) is 12.8 Å². The average molecular weight is 292 g/mol. The second kappa shape index (κ2) is 6.70. The number of para-hydroxylation sites is 1. The summed E-state index contributed by atoms with van der Waals surface area (Å²) in [6.45, 7) is 0. The molecule has 1 saturated carbocycles. The molecule has 4 nitrogen and oxygen atoms in total. The molecule has 1 aliphatic rings. The van der Waals surface area contributed by atoms with Crippen LogP contribution < -0.4 is 15.8 Å². The number of hydrogen-bond acceptors (Lipinski definition) is 3. The zero-order valence-electron chi connectivity index (χ0n) is 11.6. The molecule has 0 bridgehead atoms. The van der Waals surface area contributed by atoms with Gasteiger partial charge in [-0.25, -0.2) is 0 Å². The number of carbonyl (C=O) groups is 1. The maximum atomic E-state index is 12.2. The van der Waals surface area contributed by atoms with Crippen molar-refractivity contribution >= 4 is 28.8 Å². The first-order valence-corrected chi connectivity index (χ1v) is 7.29. The number of amides is 1. The lowest BCUT2D eigenvalue weighted by atomic mass is 10.0. The minimum Gasteiger partial charge on any atom is -0.495 e. The number of thiocarbonyl (C=S) groups is 1. The van der Waals surface area contributed by atoms with Gasteiger partial charge in [0, 0.05) is 12.0 Å². The zero-order valence-corrected chi connectivity index (χ0v) is 12.5. The van der Waals surface area contributed by atoms with Gasteiger partial charge in [-0.1, -0.05) is 31.1 Å². The molecular weight excluding hydrogens is 272 g/mol. The highest BCUT2D eigenvalue weighted by molar-refractivity contribution is 7.80. The fraction of sp³-hybridized carbons (Fsp3) is 0.467. The van der Waals surface area contributed by atoms with Crippen LogP contribution in [0.5, 0.6) is 5.75 Å². The maximum absolute atomic E-state index is 12.2. The number of methoxy groups -OCH3 is 1. The topological polar surface area (TPSA) is 64.3 Å². The molecule has 108 valence electrons. The van der Waals surface area contributed by atoms with Crippen molar-refractivity contribution in [3.63, 3.8) is 0 Å². The summed E-state index contributed by atoms with van der Waals surface area (Å²) in [5, 5.41) is 2.91. The van der Waals surface area contributed by atoms with Crippen molar-refractivity contribution in [3.8, 4) is 5.75 Å². The minimum atomic E-state index is -0.00102. The van der Waals surface area contributed by atoms with E-state index >= 15 is 0 Å². The Labute approximate surface area is 124 Å². The summed E-state index contributed by atoms with van der Waals surface area (Å²) in [5.74, 6) is 1.08. The molecule has 1 fully saturated rings. The number of nitrogens with two attached hydrogens (primary N) is 1. The van der Waals surface area contributed by atoms with E-state index in [-0.39, 0.29) is 10.9 Å². The Balaban J connectivity index is 2.14. The van der Waals surface area contributed by atoms with Crippen molar-refractivity contribution in [3.05, 3.63) is 23.8 Å². The van der Waals surface area contributed by atoms with E-state index in [2.05, 4.69) is 5.32 Å². The molecule has 0 atom stereocenters. The molecule has 20 heavy (non-hydrogen) atoms. The molecule has 0 aromatic heterocycles. The number of nitrogens with one attached hydrogen (secondary N) is 1. The lowest BCUT2D eigenvalue weighted by molar-refractivity contribution is -0.117. The van der Waals surface area contributed by atoms with Crippen molar-refractivity contribution in [1.29, 1.82) is 0 Å². The number of hydrogen-bond donors (Lipinski definition) is 2. The zero-order chi connectivity index (χ0) is 14.5.